The van der Waals surface area contributed by atoms with Gasteiger partial charge in [0.25, 0.3) is 0 Å². The topological polar surface area (TPSA) is 6.48 Å². The van der Waals surface area contributed by atoms with Gasteiger partial charge in [-0.25, -0.2) is 0 Å². The quantitative estimate of drug-likeness (QED) is 0.285. The molecule has 10 radical (unpaired) electrons. The Bertz CT molecular complexity index is 924. The van der Waals surface area contributed by atoms with Crippen molar-refractivity contribution in [3.05, 3.63) is 128 Å². The summed E-state index contributed by atoms with van der Waals surface area (Å²) in [5.74, 6) is 3.41. The van der Waals surface area contributed by atoms with E-state index >= 15 is 0 Å². The summed E-state index contributed by atoms with van der Waals surface area (Å²) in [5, 5.41) is 0. The molecule has 2 aromatic carbocycles. The molecule has 0 N–H and O–H groups in total. The number of nitrogens with zero attached hydrogens (tertiary/aromatic N) is 2. The average Bonchev–Trinajstić information content (AvgIpc) is 3.34. The summed E-state index contributed by atoms with van der Waals surface area (Å²) in [4.78, 5) is 4.20. The monoisotopic (exact) mass is 810 g/mol. The SMILES string of the molecule is C[C]1[CH][CH][C](C(C)C)[CH][CH]1.Cc1cc(C)c(N2[C]N(c3c(C)cc(C)cc3C)C=C2)c(C)c1.[CH2][CH2].[Cl][Ru][Cl].[Cl][Ru][Cl]. The van der Waals surface area contributed by atoms with Gasteiger partial charge in [0, 0.05) is 23.8 Å². The molecule has 4 rings (SSSR count). The molecule has 2 nitrogen and oxygen atoms in total. The van der Waals surface area contributed by atoms with Gasteiger partial charge in [0.05, 0.1) is 0 Å². The molecule has 0 spiro atoms. The molecule has 228 valence electrons. The van der Waals surface area contributed by atoms with Crippen molar-refractivity contribution >= 4 is 50.1 Å². The predicted molar refractivity (Wildman–Crippen MR) is 177 cm³/mol. The first-order valence-electron chi connectivity index (χ1n) is 12.9. The second kappa shape index (κ2) is 22.7. The summed E-state index contributed by atoms with van der Waals surface area (Å²) in [6.07, 6.45) is 12.9. The van der Waals surface area contributed by atoms with E-state index in [-0.39, 0.29) is 30.3 Å². The molecular formula is C33H42Cl4N2Ru2. The zero-order valence-corrected chi connectivity index (χ0v) is 31.9. The number of hydrogen-bond donors (Lipinski definition) is 0. The summed E-state index contributed by atoms with van der Waals surface area (Å²) >= 11 is -0.691. The Labute approximate surface area is 284 Å². The van der Waals surface area contributed by atoms with Gasteiger partial charge in [-0.2, -0.15) is 0 Å². The Hall–Kier alpha value is 0.187. The number of anilines is 2. The Morgan fingerprint density at radius 1 is 0.610 bits per heavy atom. The van der Waals surface area contributed by atoms with E-state index in [9.17, 15) is 0 Å². The molecule has 0 bridgehead atoms. The number of halogens is 4. The molecule has 0 unspecified atom stereocenters. The molecule has 1 heterocycles. The van der Waals surface area contributed by atoms with E-state index in [1.54, 1.807) is 0 Å². The van der Waals surface area contributed by atoms with Crippen LogP contribution < -0.4 is 9.80 Å². The molecule has 8 heteroatoms. The van der Waals surface area contributed by atoms with Gasteiger partial charge >= 0.3 is 69.1 Å². The fraction of sp³-hybridized carbons (Fsp3) is 0.303. The predicted octanol–water partition coefficient (Wildman–Crippen LogP) is 11.4. The minimum atomic E-state index is -0.346. The molecule has 0 saturated heterocycles. The van der Waals surface area contributed by atoms with Crippen LogP contribution in [0.25, 0.3) is 0 Å². The molecule has 1 fully saturated rings. The Morgan fingerprint density at radius 3 is 1.17 bits per heavy atom. The first-order chi connectivity index (χ1) is 19.4. The van der Waals surface area contributed by atoms with Crippen molar-refractivity contribution in [1.29, 1.82) is 0 Å². The van der Waals surface area contributed by atoms with Gasteiger partial charge in [0.1, 0.15) is 0 Å². The number of hydrogen-bond acceptors (Lipinski definition) is 2. The van der Waals surface area contributed by atoms with Crippen molar-refractivity contribution in [2.24, 2.45) is 5.92 Å². The molecule has 41 heavy (non-hydrogen) atoms. The molecule has 0 amide bonds. The summed E-state index contributed by atoms with van der Waals surface area (Å²) in [6.45, 7) is 29.0. The summed E-state index contributed by atoms with van der Waals surface area (Å²) < 4.78 is 0. The van der Waals surface area contributed by atoms with Gasteiger partial charge in [0.15, 0.2) is 0 Å². The van der Waals surface area contributed by atoms with Crippen molar-refractivity contribution in [1.82, 2.24) is 0 Å². The third-order valence-electron chi connectivity index (χ3n) is 6.08. The van der Waals surface area contributed by atoms with Gasteiger partial charge in [0.2, 0.25) is 6.67 Å². The van der Waals surface area contributed by atoms with Crippen molar-refractivity contribution < 1.29 is 30.3 Å². The van der Waals surface area contributed by atoms with E-state index < -0.39 is 0 Å². The van der Waals surface area contributed by atoms with Crippen LogP contribution in [-0.4, -0.2) is 0 Å². The van der Waals surface area contributed by atoms with E-state index in [1.807, 2.05) is 0 Å². The summed E-state index contributed by atoms with van der Waals surface area (Å²) in [7, 11) is 19.4. The third kappa shape index (κ3) is 14.7. The fourth-order valence-electron chi connectivity index (χ4n) is 4.62. The molecule has 2 aromatic rings. The number of rotatable bonds is 3. The van der Waals surface area contributed by atoms with Crippen LogP contribution in [0.2, 0.25) is 0 Å². The maximum absolute atomic E-state index is 4.85. The fourth-order valence-corrected chi connectivity index (χ4v) is 4.62. The van der Waals surface area contributed by atoms with Crippen LogP contribution in [0.15, 0.2) is 36.7 Å². The van der Waals surface area contributed by atoms with Crippen LogP contribution in [0.1, 0.15) is 54.2 Å². The molecule has 1 saturated carbocycles. The minimum absolute atomic E-state index is 0.346. The second-order valence-electron chi connectivity index (χ2n) is 9.80. The van der Waals surface area contributed by atoms with Crippen LogP contribution in [0.3, 0.4) is 0 Å². The zero-order chi connectivity index (χ0) is 31.7. The van der Waals surface area contributed by atoms with Gasteiger partial charge in [-0.3, -0.25) is 0 Å². The molecule has 1 aliphatic carbocycles. The van der Waals surface area contributed by atoms with Crippen LogP contribution in [0.5, 0.6) is 0 Å². The number of benzene rings is 2. The van der Waals surface area contributed by atoms with Crippen molar-refractivity contribution in [2.75, 3.05) is 9.80 Å². The second-order valence-corrected chi connectivity index (χ2v) is 15.1. The molecule has 0 atom stereocenters. The van der Waals surface area contributed by atoms with Crippen molar-refractivity contribution in [3.63, 3.8) is 0 Å². The summed E-state index contributed by atoms with van der Waals surface area (Å²) in [6, 6.07) is 8.90. The van der Waals surface area contributed by atoms with Crippen LogP contribution in [0.4, 0.5) is 11.4 Å². The Morgan fingerprint density at radius 2 is 0.902 bits per heavy atom. The third-order valence-corrected chi connectivity index (χ3v) is 6.08. The number of aryl methyl sites for hydroxylation is 6. The van der Waals surface area contributed by atoms with Crippen molar-refractivity contribution in [2.45, 2.75) is 62.3 Å². The molecule has 0 aromatic heterocycles. The van der Waals surface area contributed by atoms with E-state index in [4.69, 9.17) is 38.8 Å². The van der Waals surface area contributed by atoms with Crippen molar-refractivity contribution in [3.8, 4) is 0 Å². The standard InChI is InChI=1S/C21H24N2.C10H14.C2H4.4ClH.2Ru/c1-14-9-16(3)20(17(4)10-14)22-7-8-23(13-22)21-18(5)11-15(2)12-19(21)6;1-8(2)10-6-4-9(3)5-7-10;1-2;;;;;;/h7-12H,1-6H3;4-8H,1-3H3;1-2H2;4*1H;;/q;;;;;;;2*+2/p-4. The Kier molecular flexibility index (Phi) is 22.8. The Balaban J connectivity index is 0.000000737. The van der Waals surface area contributed by atoms with Crippen LogP contribution >= 0.6 is 38.8 Å². The van der Waals surface area contributed by atoms with E-state index in [2.05, 4.69) is 155 Å². The zero-order valence-electron chi connectivity index (χ0n) is 25.4. The normalized spacial score (nSPS) is 14.9. The van der Waals surface area contributed by atoms with E-state index in [1.165, 1.54) is 56.6 Å². The van der Waals surface area contributed by atoms with Gasteiger partial charge in [-0.1, -0.05) is 70.0 Å². The average molecular weight is 811 g/mol. The van der Waals surface area contributed by atoms with Gasteiger partial charge in [-0.15, -0.1) is 0 Å². The van der Waals surface area contributed by atoms with E-state index in [0.29, 0.717) is 5.92 Å². The maximum atomic E-state index is 4.85. The molecule has 2 aliphatic rings. The van der Waals surface area contributed by atoms with Crippen LogP contribution in [0, 0.1) is 105 Å². The van der Waals surface area contributed by atoms with Gasteiger partial charge < -0.3 is 9.80 Å². The van der Waals surface area contributed by atoms with Gasteiger partial charge in [-0.05, 0) is 107 Å². The molecule has 1 aliphatic heterocycles. The summed E-state index contributed by atoms with van der Waals surface area (Å²) in [5.41, 5.74) is 10.1. The first kappa shape index (κ1) is 41.2. The molecular weight excluding hydrogens is 768 g/mol. The first-order valence-corrected chi connectivity index (χ1v) is 21.8. The van der Waals surface area contributed by atoms with E-state index in [0.717, 1.165) is 0 Å². The van der Waals surface area contributed by atoms with Crippen LogP contribution in [-0.2, 0) is 30.3 Å².